The van der Waals surface area contributed by atoms with Gasteiger partial charge in [0.2, 0.25) is 0 Å². The highest BCUT2D eigenvalue weighted by Crippen LogP contribution is 2.32. The van der Waals surface area contributed by atoms with E-state index >= 15 is 0 Å². The summed E-state index contributed by atoms with van der Waals surface area (Å²) in [6.07, 6.45) is 0. The fraction of sp³-hybridized carbons (Fsp3) is 0.286. The molecule has 0 saturated carbocycles. The molecule has 0 bridgehead atoms. The average molecular weight is 265 g/mol. The van der Waals surface area contributed by atoms with Crippen LogP contribution in [-0.4, -0.2) is 14.2 Å². The van der Waals surface area contributed by atoms with Crippen LogP contribution in [0.15, 0.2) is 29.6 Å². The Hall–Kier alpha value is -1.39. The zero-order chi connectivity index (χ0) is 13.1. The number of ether oxygens (including phenoxy) is 1. The van der Waals surface area contributed by atoms with Crippen molar-refractivity contribution in [2.75, 3.05) is 14.2 Å². The molecule has 0 aliphatic carbocycles. The number of rotatable bonds is 4. The van der Waals surface area contributed by atoms with Crippen LogP contribution in [0.25, 0.3) is 0 Å². The minimum Gasteiger partial charge on any atom is -0.496 e. The second-order valence-electron chi connectivity index (χ2n) is 4.11. The molecule has 2 rings (SSSR count). The molecule has 1 heterocycles. The van der Waals surface area contributed by atoms with Crippen molar-refractivity contribution < 1.29 is 9.13 Å². The molecule has 0 amide bonds. The third kappa shape index (κ3) is 2.54. The Kier molecular flexibility index (Phi) is 3.99. The van der Waals surface area contributed by atoms with Gasteiger partial charge in [0.1, 0.15) is 11.6 Å². The van der Waals surface area contributed by atoms with Crippen LogP contribution in [0.3, 0.4) is 0 Å². The van der Waals surface area contributed by atoms with Crippen LogP contribution in [0.1, 0.15) is 22.0 Å². The SMILES string of the molecule is CNC(c1cc(OC)cs1)c1cc(F)ccc1C. The van der Waals surface area contributed by atoms with Gasteiger partial charge in [0.15, 0.2) is 0 Å². The van der Waals surface area contributed by atoms with Gasteiger partial charge in [-0.05, 0) is 43.3 Å². The number of methoxy groups -OCH3 is 1. The van der Waals surface area contributed by atoms with Crippen molar-refractivity contribution in [1.82, 2.24) is 5.32 Å². The molecule has 1 aromatic heterocycles. The largest absolute Gasteiger partial charge is 0.496 e. The minimum absolute atomic E-state index is 0.00500. The van der Waals surface area contributed by atoms with Gasteiger partial charge in [-0.15, -0.1) is 11.3 Å². The molecule has 0 aliphatic heterocycles. The molecule has 4 heteroatoms. The van der Waals surface area contributed by atoms with Gasteiger partial charge in [0.05, 0.1) is 13.2 Å². The fourth-order valence-corrected chi connectivity index (χ4v) is 2.95. The lowest BCUT2D eigenvalue weighted by molar-refractivity contribution is 0.416. The summed E-state index contributed by atoms with van der Waals surface area (Å²) in [5.74, 6) is 0.628. The molecule has 0 saturated heterocycles. The summed E-state index contributed by atoms with van der Waals surface area (Å²) >= 11 is 1.61. The maximum absolute atomic E-state index is 13.4. The average Bonchev–Trinajstić information content (AvgIpc) is 2.83. The quantitative estimate of drug-likeness (QED) is 0.913. The number of aryl methyl sites for hydroxylation is 1. The molecule has 18 heavy (non-hydrogen) atoms. The van der Waals surface area contributed by atoms with Crippen molar-refractivity contribution in [1.29, 1.82) is 0 Å². The predicted molar refractivity (Wildman–Crippen MR) is 72.9 cm³/mol. The van der Waals surface area contributed by atoms with Gasteiger partial charge in [-0.1, -0.05) is 6.07 Å². The first-order valence-corrected chi connectivity index (χ1v) is 6.59. The van der Waals surface area contributed by atoms with Gasteiger partial charge >= 0.3 is 0 Å². The summed E-state index contributed by atoms with van der Waals surface area (Å²) in [5.41, 5.74) is 2.03. The summed E-state index contributed by atoms with van der Waals surface area (Å²) in [5, 5.41) is 5.18. The summed E-state index contributed by atoms with van der Waals surface area (Å²) in [7, 11) is 3.52. The van der Waals surface area contributed by atoms with Crippen molar-refractivity contribution >= 4 is 11.3 Å². The molecule has 96 valence electrons. The minimum atomic E-state index is -0.209. The van der Waals surface area contributed by atoms with Crippen LogP contribution >= 0.6 is 11.3 Å². The lowest BCUT2D eigenvalue weighted by Gasteiger charge is -2.17. The van der Waals surface area contributed by atoms with Crippen LogP contribution in [0.5, 0.6) is 5.75 Å². The van der Waals surface area contributed by atoms with E-state index in [2.05, 4.69) is 5.32 Å². The van der Waals surface area contributed by atoms with Crippen LogP contribution in [-0.2, 0) is 0 Å². The molecule has 0 radical (unpaired) electrons. The first kappa shape index (κ1) is 13.1. The van der Waals surface area contributed by atoms with E-state index in [0.29, 0.717) is 0 Å². The number of nitrogens with one attached hydrogen (secondary N) is 1. The van der Waals surface area contributed by atoms with Crippen LogP contribution in [0.2, 0.25) is 0 Å². The molecule has 2 aromatic rings. The summed E-state index contributed by atoms with van der Waals surface area (Å²) in [6, 6.07) is 6.86. The molecule has 1 N–H and O–H groups in total. The zero-order valence-corrected chi connectivity index (χ0v) is 11.5. The highest BCUT2D eigenvalue weighted by molar-refractivity contribution is 7.10. The Labute approximate surface area is 110 Å². The predicted octanol–water partition coefficient (Wildman–Crippen LogP) is 3.51. The van der Waals surface area contributed by atoms with E-state index in [1.54, 1.807) is 30.6 Å². The molecule has 1 unspecified atom stereocenters. The Balaban J connectivity index is 2.41. The topological polar surface area (TPSA) is 21.3 Å². The van der Waals surface area contributed by atoms with E-state index in [0.717, 1.165) is 21.8 Å². The standard InChI is InChI=1S/C14H16FNOS/c1-9-4-5-10(15)6-12(9)14(16-2)13-7-11(17-3)8-18-13/h4-8,14,16H,1-3H3. The first-order valence-electron chi connectivity index (χ1n) is 5.71. The van der Waals surface area contributed by atoms with Gasteiger partial charge in [-0.25, -0.2) is 4.39 Å². The fourth-order valence-electron chi connectivity index (χ4n) is 1.97. The van der Waals surface area contributed by atoms with Crippen LogP contribution in [0, 0.1) is 12.7 Å². The molecule has 0 spiro atoms. The zero-order valence-electron chi connectivity index (χ0n) is 10.7. The summed E-state index contributed by atoms with van der Waals surface area (Å²) in [4.78, 5) is 1.11. The van der Waals surface area contributed by atoms with Crippen molar-refractivity contribution in [3.8, 4) is 5.75 Å². The smallest absolute Gasteiger partial charge is 0.129 e. The first-order chi connectivity index (χ1) is 8.65. The van der Waals surface area contributed by atoms with E-state index in [4.69, 9.17) is 4.74 Å². The number of thiophene rings is 1. The maximum Gasteiger partial charge on any atom is 0.129 e. The third-order valence-corrected chi connectivity index (χ3v) is 3.93. The van der Waals surface area contributed by atoms with Crippen molar-refractivity contribution in [2.24, 2.45) is 0 Å². The summed E-state index contributed by atoms with van der Waals surface area (Å²) < 4.78 is 18.6. The molecule has 0 fully saturated rings. The van der Waals surface area contributed by atoms with Gasteiger partial charge in [-0.2, -0.15) is 0 Å². The monoisotopic (exact) mass is 265 g/mol. The van der Waals surface area contributed by atoms with E-state index in [1.165, 1.54) is 6.07 Å². The Bertz CT molecular complexity index is 538. The Morgan fingerprint density at radius 2 is 2.11 bits per heavy atom. The van der Waals surface area contributed by atoms with Gasteiger partial charge in [-0.3, -0.25) is 0 Å². The lowest BCUT2D eigenvalue weighted by Crippen LogP contribution is -2.17. The maximum atomic E-state index is 13.4. The van der Waals surface area contributed by atoms with Gasteiger partial charge in [0.25, 0.3) is 0 Å². The second-order valence-corrected chi connectivity index (χ2v) is 5.05. The molecule has 1 atom stereocenters. The molecule has 1 aromatic carbocycles. The third-order valence-electron chi connectivity index (χ3n) is 2.96. The van der Waals surface area contributed by atoms with E-state index in [9.17, 15) is 4.39 Å². The summed E-state index contributed by atoms with van der Waals surface area (Å²) in [6.45, 7) is 1.99. The Morgan fingerprint density at radius 1 is 1.33 bits per heavy atom. The van der Waals surface area contributed by atoms with Gasteiger partial charge < -0.3 is 10.1 Å². The number of hydrogen-bond donors (Lipinski definition) is 1. The van der Waals surface area contributed by atoms with Gasteiger partial charge in [0, 0.05) is 10.3 Å². The highest BCUT2D eigenvalue weighted by atomic mass is 32.1. The second kappa shape index (κ2) is 5.50. The normalized spacial score (nSPS) is 12.4. The van der Waals surface area contributed by atoms with Crippen LogP contribution < -0.4 is 10.1 Å². The Morgan fingerprint density at radius 3 is 2.72 bits per heavy atom. The van der Waals surface area contributed by atoms with E-state index in [-0.39, 0.29) is 11.9 Å². The highest BCUT2D eigenvalue weighted by Gasteiger charge is 2.17. The number of halogens is 1. The molecular weight excluding hydrogens is 249 g/mol. The van der Waals surface area contributed by atoms with E-state index < -0.39 is 0 Å². The molecule has 0 aliphatic rings. The molecular formula is C14H16FNOS. The van der Waals surface area contributed by atoms with Crippen LogP contribution in [0.4, 0.5) is 4.39 Å². The number of benzene rings is 1. The molecule has 2 nitrogen and oxygen atoms in total. The van der Waals surface area contributed by atoms with Crippen molar-refractivity contribution in [3.05, 3.63) is 51.5 Å². The number of hydrogen-bond acceptors (Lipinski definition) is 3. The van der Waals surface area contributed by atoms with E-state index in [1.807, 2.05) is 25.4 Å². The van der Waals surface area contributed by atoms with Crippen molar-refractivity contribution in [3.63, 3.8) is 0 Å². The van der Waals surface area contributed by atoms with Crippen molar-refractivity contribution in [2.45, 2.75) is 13.0 Å². The lowest BCUT2D eigenvalue weighted by atomic mass is 10.00.